The molecule has 1 saturated heterocycles. The molecule has 2 aliphatic heterocycles. The molecule has 1 fully saturated rings. The zero-order chi connectivity index (χ0) is 18.8. The van der Waals surface area contributed by atoms with Crippen molar-refractivity contribution in [2.45, 2.75) is 44.4 Å². The maximum atomic E-state index is 13.7. The molecule has 2 aromatic rings. The Hall–Kier alpha value is -2.33. The molecule has 2 aliphatic rings. The van der Waals surface area contributed by atoms with E-state index in [1.54, 1.807) is 6.07 Å². The lowest BCUT2D eigenvalue weighted by Gasteiger charge is -2.44. The number of halogens is 2. The summed E-state index contributed by atoms with van der Waals surface area (Å²) < 4.78 is 19.3. The number of hydrogen-bond donors (Lipinski definition) is 0. The predicted molar refractivity (Wildman–Crippen MR) is 104 cm³/mol. The van der Waals surface area contributed by atoms with Gasteiger partial charge in [0.25, 0.3) is 0 Å². The highest BCUT2D eigenvalue weighted by atomic mass is 35.5. The van der Waals surface area contributed by atoms with Crippen LogP contribution >= 0.6 is 11.6 Å². The van der Waals surface area contributed by atoms with Crippen molar-refractivity contribution in [2.24, 2.45) is 0 Å². The van der Waals surface area contributed by atoms with E-state index in [4.69, 9.17) is 16.3 Å². The predicted octanol–water partition coefficient (Wildman–Crippen LogP) is 5.83. The molecule has 27 heavy (non-hydrogen) atoms. The second-order valence-corrected chi connectivity index (χ2v) is 7.59. The summed E-state index contributed by atoms with van der Waals surface area (Å²) in [5.74, 6) is -0.340. The minimum atomic E-state index is -0.340. The number of amides is 1. The third-order valence-electron chi connectivity index (χ3n) is 5.29. The van der Waals surface area contributed by atoms with Crippen LogP contribution in [0.1, 0.15) is 36.8 Å². The van der Waals surface area contributed by atoms with Gasteiger partial charge in [-0.05, 0) is 60.6 Å². The first-order chi connectivity index (χ1) is 13.1. The van der Waals surface area contributed by atoms with Crippen LogP contribution in [0.2, 0.25) is 5.02 Å². The maximum absolute atomic E-state index is 13.7. The van der Waals surface area contributed by atoms with Gasteiger partial charge in [0, 0.05) is 11.1 Å². The number of ether oxygens (including phenoxy) is 1. The lowest BCUT2D eigenvalue weighted by atomic mass is 9.83. The van der Waals surface area contributed by atoms with Gasteiger partial charge in [-0.15, -0.1) is 0 Å². The molecule has 2 atom stereocenters. The fourth-order valence-electron chi connectivity index (χ4n) is 4.06. The van der Waals surface area contributed by atoms with E-state index in [-0.39, 0.29) is 30.6 Å². The smallest absolute Gasteiger partial charge is 0.410 e. The summed E-state index contributed by atoms with van der Waals surface area (Å²) in [5.41, 5.74) is 2.83. The van der Waals surface area contributed by atoms with Crippen molar-refractivity contribution in [1.82, 2.24) is 4.90 Å². The maximum Gasteiger partial charge on any atom is 0.410 e. The van der Waals surface area contributed by atoms with Crippen LogP contribution in [0.25, 0.3) is 5.57 Å². The quantitative estimate of drug-likeness (QED) is 0.665. The molecule has 0 aromatic heterocycles. The van der Waals surface area contributed by atoms with Crippen molar-refractivity contribution in [3.05, 3.63) is 76.6 Å². The van der Waals surface area contributed by atoms with E-state index < -0.39 is 0 Å². The average Bonchev–Trinajstić information content (AvgIpc) is 2.65. The van der Waals surface area contributed by atoms with E-state index in [1.807, 2.05) is 35.2 Å². The van der Waals surface area contributed by atoms with E-state index in [9.17, 15) is 9.18 Å². The van der Waals surface area contributed by atoms with Crippen LogP contribution in [0, 0.1) is 5.82 Å². The van der Waals surface area contributed by atoms with E-state index in [0.717, 1.165) is 36.0 Å². The lowest BCUT2D eigenvalue weighted by Crippen LogP contribution is -2.51. The Kier molecular flexibility index (Phi) is 5.17. The summed E-state index contributed by atoms with van der Waals surface area (Å²) in [6, 6.07) is 14.3. The van der Waals surface area contributed by atoms with Crippen molar-refractivity contribution < 1.29 is 13.9 Å². The average molecular weight is 386 g/mol. The fourth-order valence-corrected chi connectivity index (χ4v) is 4.28. The van der Waals surface area contributed by atoms with Gasteiger partial charge >= 0.3 is 6.09 Å². The SMILES string of the molecule is O=C(OCc1ccccc1)N1C2C=C(c3cc(F)cc(Cl)c3)CC1CCC2. The first kappa shape index (κ1) is 18.1. The number of carbonyl (C=O) groups is 1. The van der Waals surface area contributed by atoms with E-state index in [2.05, 4.69) is 6.08 Å². The Bertz CT molecular complexity index is 848. The molecule has 140 valence electrons. The normalized spacial score (nSPS) is 21.6. The molecule has 0 radical (unpaired) electrons. The van der Waals surface area contributed by atoms with Crippen LogP contribution in [0.5, 0.6) is 0 Å². The number of carbonyl (C=O) groups excluding carboxylic acids is 1. The molecule has 1 amide bonds. The number of benzene rings is 2. The Morgan fingerprint density at radius 2 is 2.00 bits per heavy atom. The Labute approximate surface area is 163 Å². The molecule has 5 heteroatoms. The summed E-state index contributed by atoms with van der Waals surface area (Å²) in [7, 11) is 0. The molecular formula is C22H21ClFNO2. The largest absolute Gasteiger partial charge is 0.445 e. The summed E-state index contributed by atoms with van der Waals surface area (Å²) in [6.07, 6.45) is 5.38. The summed E-state index contributed by atoms with van der Waals surface area (Å²) in [6.45, 7) is 0.270. The second kappa shape index (κ2) is 7.73. The molecule has 0 N–H and O–H groups in total. The molecule has 3 nitrogen and oxygen atoms in total. The minimum Gasteiger partial charge on any atom is -0.445 e. The minimum absolute atomic E-state index is 0.0159. The number of hydrogen-bond acceptors (Lipinski definition) is 2. The molecule has 2 aromatic carbocycles. The van der Waals surface area contributed by atoms with Gasteiger partial charge in [-0.2, -0.15) is 0 Å². The molecule has 4 rings (SSSR count). The van der Waals surface area contributed by atoms with Crippen LogP contribution in [0.15, 0.2) is 54.6 Å². The van der Waals surface area contributed by atoms with Gasteiger partial charge in [-0.25, -0.2) is 9.18 Å². The van der Waals surface area contributed by atoms with Gasteiger partial charge in [-0.3, -0.25) is 4.90 Å². The van der Waals surface area contributed by atoms with Crippen LogP contribution < -0.4 is 0 Å². The fraction of sp³-hybridized carbons (Fsp3) is 0.318. The van der Waals surface area contributed by atoms with Crippen LogP contribution in [-0.2, 0) is 11.3 Å². The van der Waals surface area contributed by atoms with E-state index in [1.165, 1.54) is 12.1 Å². The van der Waals surface area contributed by atoms with Gasteiger partial charge in [0.15, 0.2) is 0 Å². The van der Waals surface area contributed by atoms with Crippen LogP contribution in [0.4, 0.5) is 9.18 Å². The van der Waals surface area contributed by atoms with Crippen LogP contribution in [-0.4, -0.2) is 23.1 Å². The van der Waals surface area contributed by atoms with E-state index in [0.29, 0.717) is 11.4 Å². The zero-order valence-corrected chi connectivity index (χ0v) is 15.7. The zero-order valence-electron chi connectivity index (χ0n) is 14.9. The molecule has 0 saturated carbocycles. The molecule has 0 aliphatic carbocycles. The number of piperidine rings is 1. The van der Waals surface area contributed by atoms with Gasteiger partial charge in [0.1, 0.15) is 12.4 Å². The molecule has 2 bridgehead atoms. The van der Waals surface area contributed by atoms with Crippen molar-refractivity contribution in [2.75, 3.05) is 0 Å². The monoisotopic (exact) mass is 385 g/mol. The standard InChI is InChI=1S/C22H21ClFNO2/c23-18-9-16(10-19(24)13-18)17-11-20-7-4-8-21(12-17)25(20)22(26)27-14-15-5-2-1-3-6-15/h1-3,5-6,9-11,13,20-21H,4,7-8,12,14H2. The van der Waals surface area contributed by atoms with Gasteiger partial charge in [0.2, 0.25) is 0 Å². The highest BCUT2D eigenvalue weighted by molar-refractivity contribution is 6.30. The first-order valence-corrected chi connectivity index (χ1v) is 9.64. The van der Waals surface area contributed by atoms with Crippen molar-refractivity contribution in [3.63, 3.8) is 0 Å². The van der Waals surface area contributed by atoms with Crippen molar-refractivity contribution in [1.29, 1.82) is 0 Å². The molecule has 2 unspecified atom stereocenters. The Morgan fingerprint density at radius 1 is 1.19 bits per heavy atom. The number of rotatable bonds is 3. The first-order valence-electron chi connectivity index (χ1n) is 9.26. The van der Waals surface area contributed by atoms with Gasteiger partial charge < -0.3 is 4.74 Å². The Balaban J connectivity index is 1.52. The summed E-state index contributed by atoms with van der Waals surface area (Å²) in [4.78, 5) is 14.6. The van der Waals surface area contributed by atoms with Crippen molar-refractivity contribution >= 4 is 23.3 Å². The Morgan fingerprint density at radius 3 is 2.74 bits per heavy atom. The molecule has 2 heterocycles. The second-order valence-electron chi connectivity index (χ2n) is 7.15. The topological polar surface area (TPSA) is 29.5 Å². The lowest BCUT2D eigenvalue weighted by molar-refractivity contribution is 0.0510. The van der Waals surface area contributed by atoms with E-state index >= 15 is 0 Å². The van der Waals surface area contributed by atoms with Crippen molar-refractivity contribution in [3.8, 4) is 0 Å². The number of fused-ring (bicyclic) bond motifs is 2. The van der Waals surface area contributed by atoms with Gasteiger partial charge in [0.05, 0.1) is 6.04 Å². The number of nitrogens with zero attached hydrogens (tertiary/aromatic N) is 1. The third-order valence-corrected chi connectivity index (χ3v) is 5.50. The highest BCUT2D eigenvalue weighted by Gasteiger charge is 2.38. The van der Waals surface area contributed by atoms with Gasteiger partial charge in [-0.1, -0.05) is 48.0 Å². The summed E-state index contributed by atoms with van der Waals surface area (Å²) in [5, 5.41) is 0.390. The summed E-state index contributed by atoms with van der Waals surface area (Å²) >= 11 is 6.02. The van der Waals surface area contributed by atoms with Crippen LogP contribution in [0.3, 0.4) is 0 Å². The highest BCUT2D eigenvalue weighted by Crippen LogP contribution is 2.38. The molecule has 0 spiro atoms. The third kappa shape index (κ3) is 4.01. The molecular weight excluding hydrogens is 365 g/mol.